The molecule has 2 heterocycles. The highest BCUT2D eigenvalue weighted by Gasteiger charge is 2.42. The molecule has 1 unspecified atom stereocenters. The second kappa shape index (κ2) is 11.9. The molecule has 8 heteroatoms. The molecule has 1 aromatic heterocycles. The Morgan fingerprint density at radius 2 is 1.89 bits per heavy atom. The Kier molecular flexibility index (Phi) is 8.48. The van der Waals surface area contributed by atoms with Crippen molar-refractivity contribution in [2.24, 2.45) is 0 Å². The van der Waals surface area contributed by atoms with E-state index < -0.39 is 6.04 Å². The van der Waals surface area contributed by atoms with Gasteiger partial charge in [0.2, 0.25) is 0 Å². The van der Waals surface area contributed by atoms with Gasteiger partial charge in [0.1, 0.15) is 17.1 Å². The van der Waals surface area contributed by atoms with Crippen LogP contribution in [0.25, 0.3) is 11.3 Å². The van der Waals surface area contributed by atoms with Crippen molar-refractivity contribution < 1.29 is 24.1 Å². The van der Waals surface area contributed by atoms with E-state index in [1.165, 1.54) is 0 Å². The molecule has 0 saturated carbocycles. The molecule has 0 saturated heterocycles. The van der Waals surface area contributed by atoms with Gasteiger partial charge < -0.3 is 24.2 Å². The molecular formula is C28H35N3O5. The van der Waals surface area contributed by atoms with E-state index in [9.17, 15) is 9.90 Å². The molecule has 2 aromatic carbocycles. The number of ether oxygens (including phenoxy) is 3. The second-order valence-electron chi connectivity index (χ2n) is 8.80. The first-order chi connectivity index (χ1) is 17.6. The minimum Gasteiger partial charge on any atom is -0.507 e. The van der Waals surface area contributed by atoms with E-state index in [0.717, 1.165) is 30.4 Å². The number of aromatic amines is 1. The van der Waals surface area contributed by atoms with Gasteiger partial charge in [0, 0.05) is 30.9 Å². The third kappa shape index (κ3) is 5.18. The average Bonchev–Trinajstić information content (AvgIpc) is 3.43. The fraction of sp³-hybridized carbons (Fsp3) is 0.429. The third-order valence-corrected chi connectivity index (χ3v) is 6.42. The van der Waals surface area contributed by atoms with Crippen molar-refractivity contribution in [3.8, 4) is 28.5 Å². The maximum Gasteiger partial charge on any atom is 0.273 e. The van der Waals surface area contributed by atoms with Crippen LogP contribution in [0.3, 0.4) is 0 Å². The SMILES string of the molecule is CCCCCOc1ccc(C2c3c(-c4ccccc4O)n[nH]c3C(=O)N2CCCOCC)cc1OC. The highest BCUT2D eigenvalue weighted by Crippen LogP contribution is 2.45. The molecule has 0 bridgehead atoms. The molecule has 0 fully saturated rings. The van der Waals surface area contributed by atoms with E-state index in [-0.39, 0.29) is 11.7 Å². The normalized spacial score (nSPS) is 14.8. The molecule has 8 nitrogen and oxygen atoms in total. The van der Waals surface area contributed by atoms with E-state index in [0.29, 0.717) is 61.2 Å². The Balaban J connectivity index is 1.73. The van der Waals surface area contributed by atoms with Crippen LogP contribution >= 0.6 is 0 Å². The Morgan fingerprint density at radius 3 is 2.64 bits per heavy atom. The van der Waals surface area contributed by atoms with Crippen LogP contribution in [0.15, 0.2) is 42.5 Å². The second-order valence-corrected chi connectivity index (χ2v) is 8.80. The van der Waals surface area contributed by atoms with Crippen LogP contribution in [0.4, 0.5) is 0 Å². The van der Waals surface area contributed by atoms with Gasteiger partial charge >= 0.3 is 0 Å². The first-order valence-corrected chi connectivity index (χ1v) is 12.7. The molecule has 0 radical (unpaired) electrons. The number of benzene rings is 2. The first kappa shape index (κ1) is 25.6. The number of carbonyl (C=O) groups is 1. The summed E-state index contributed by atoms with van der Waals surface area (Å²) >= 11 is 0. The van der Waals surface area contributed by atoms with E-state index in [1.54, 1.807) is 25.3 Å². The number of carbonyl (C=O) groups excluding carboxylic acids is 1. The number of para-hydroxylation sites is 1. The van der Waals surface area contributed by atoms with E-state index in [4.69, 9.17) is 14.2 Å². The fourth-order valence-electron chi connectivity index (χ4n) is 4.64. The molecular weight excluding hydrogens is 458 g/mol. The van der Waals surface area contributed by atoms with Crippen LogP contribution in [-0.4, -0.2) is 59.6 Å². The number of hydrogen-bond acceptors (Lipinski definition) is 6. The van der Waals surface area contributed by atoms with Crippen LogP contribution in [-0.2, 0) is 4.74 Å². The smallest absolute Gasteiger partial charge is 0.273 e. The zero-order valence-corrected chi connectivity index (χ0v) is 21.3. The molecule has 4 rings (SSSR count). The summed E-state index contributed by atoms with van der Waals surface area (Å²) in [5.41, 5.74) is 3.21. The number of methoxy groups -OCH3 is 1. The highest BCUT2D eigenvalue weighted by atomic mass is 16.5. The molecule has 2 N–H and O–H groups in total. The first-order valence-electron chi connectivity index (χ1n) is 12.7. The standard InChI is InChI=1S/C28H35N3O5/c1-4-6-9-17-36-22-14-13-19(18-23(22)34-3)27-24-25(20-11-7-8-12-21(20)32)29-30-26(24)28(33)31(27)15-10-16-35-5-2/h7-8,11-14,18,27,32H,4-6,9-10,15-17H2,1-3H3,(H,29,30). The lowest BCUT2D eigenvalue weighted by Crippen LogP contribution is -2.31. The third-order valence-electron chi connectivity index (χ3n) is 6.42. The number of amides is 1. The Labute approximate surface area is 212 Å². The summed E-state index contributed by atoms with van der Waals surface area (Å²) in [6, 6.07) is 12.4. The van der Waals surface area contributed by atoms with Gasteiger partial charge in [0.25, 0.3) is 5.91 Å². The molecule has 1 aliphatic rings. The van der Waals surface area contributed by atoms with Gasteiger partial charge in [-0.05, 0) is 49.6 Å². The quantitative estimate of drug-likeness (QED) is 0.312. The topological polar surface area (TPSA) is 96.9 Å². The molecule has 192 valence electrons. The number of aromatic hydroxyl groups is 1. The summed E-state index contributed by atoms with van der Waals surface area (Å²) in [5, 5.41) is 17.9. The number of fused-ring (bicyclic) bond motifs is 1. The van der Waals surface area contributed by atoms with Crippen molar-refractivity contribution in [3.63, 3.8) is 0 Å². The predicted molar refractivity (Wildman–Crippen MR) is 138 cm³/mol. The number of phenolic OH excluding ortho intramolecular Hbond substituents is 1. The number of unbranched alkanes of at least 4 members (excludes halogenated alkanes) is 2. The van der Waals surface area contributed by atoms with Crippen molar-refractivity contribution in [2.75, 3.05) is 33.5 Å². The van der Waals surface area contributed by atoms with Gasteiger partial charge in [0.05, 0.1) is 19.8 Å². The Bertz CT molecular complexity index is 1180. The van der Waals surface area contributed by atoms with Crippen molar-refractivity contribution >= 4 is 5.91 Å². The fourth-order valence-corrected chi connectivity index (χ4v) is 4.64. The van der Waals surface area contributed by atoms with Crippen LogP contribution in [0.5, 0.6) is 17.2 Å². The van der Waals surface area contributed by atoms with Crippen LogP contribution < -0.4 is 9.47 Å². The predicted octanol–water partition coefficient (Wildman–Crippen LogP) is 5.33. The molecule has 1 amide bonds. The summed E-state index contributed by atoms with van der Waals surface area (Å²) < 4.78 is 17.2. The number of phenols is 1. The van der Waals surface area contributed by atoms with E-state index in [1.807, 2.05) is 36.1 Å². The van der Waals surface area contributed by atoms with Crippen LogP contribution in [0.1, 0.15) is 67.2 Å². The minimum absolute atomic E-state index is 0.112. The number of nitrogens with one attached hydrogen (secondary N) is 1. The zero-order chi connectivity index (χ0) is 25.5. The maximum atomic E-state index is 13.5. The van der Waals surface area contributed by atoms with Gasteiger partial charge in [-0.15, -0.1) is 0 Å². The molecule has 1 atom stereocenters. The van der Waals surface area contributed by atoms with Gasteiger partial charge in [-0.25, -0.2) is 0 Å². The lowest BCUT2D eigenvalue weighted by atomic mass is 9.95. The molecule has 0 aliphatic carbocycles. The van der Waals surface area contributed by atoms with Gasteiger partial charge in [-0.3, -0.25) is 9.89 Å². The van der Waals surface area contributed by atoms with Crippen molar-refractivity contribution in [1.82, 2.24) is 15.1 Å². The van der Waals surface area contributed by atoms with Crippen LogP contribution in [0, 0.1) is 0 Å². The summed E-state index contributed by atoms with van der Waals surface area (Å²) in [6.07, 6.45) is 3.92. The number of H-pyrrole nitrogens is 1. The Morgan fingerprint density at radius 1 is 1.06 bits per heavy atom. The molecule has 3 aromatic rings. The Hall–Kier alpha value is -3.52. The molecule has 36 heavy (non-hydrogen) atoms. The number of aromatic nitrogens is 2. The number of hydrogen-bond donors (Lipinski definition) is 2. The lowest BCUT2D eigenvalue weighted by Gasteiger charge is -2.27. The summed E-state index contributed by atoms with van der Waals surface area (Å²) in [6.45, 7) is 6.46. The van der Waals surface area contributed by atoms with Gasteiger partial charge in [-0.2, -0.15) is 5.10 Å². The molecule has 1 aliphatic heterocycles. The summed E-state index contributed by atoms with van der Waals surface area (Å²) in [5.74, 6) is 1.28. The average molecular weight is 494 g/mol. The zero-order valence-electron chi connectivity index (χ0n) is 21.3. The minimum atomic E-state index is -0.398. The number of nitrogens with zero attached hydrogens (tertiary/aromatic N) is 2. The lowest BCUT2D eigenvalue weighted by molar-refractivity contribution is 0.0710. The monoisotopic (exact) mass is 493 g/mol. The maximum absolute atomic E-state index is 13.5. The van der Waals surface area contributed by atoms with E-state index in [2.05, 4.69) is 17.1 Å². The van der Waals surface area contributed by atoms with Crippen molar-refractivity contribution in [2.45, 2.75) is 45.6 Å². The van der Waals surface area contributed by atoms with Crippen molar-refractivity contribution in [1.29, 1.82) is 0 Å². The van der Waals surface area contributed by atoms with Gasteiger partial charge in [-0.1, -0.05) is 38.0 Å². The van der Waals surface area contributed by atoms with Crippen LogP contribution in [0.2, 0.25) is 0 Å². The van der Waals surface area contributed by atoms with E-state index >= 15 is 0 Å². The molecule has 0 spiro atoms. The van der Waals surface area contributed by atoms with Crippen molar-refractivity contribution in [3.05, 3.63) is 59.3 Å². The largest absolute Gasteiger partial charge is 0.507 e. The summed E-state index contributed by atoms with van der Waals surface area (Å²) in [7, 11) is 1.62. The number of rotatable bonds is 13. The highest BCUT2D eigenvalue weighted by molar-refractivity contribution is 6.00. The summed E-state index contributed by atoms with van der Waals surface area (Å²) in [4.78, 5) is 15.3. The van der Waals surface area contributed by atoms with Gasteiger partial charge in [0.15, 0.2) is 11.5 Å².